The van der Waals surface area contributed by atoms with Crippen LogP contribution in [0.3, 0.4) is 0 Å². The molecule has 1 saturated heterocycles. The van der Waals surface area contributed by atoms with Crippen molar-refractivity contribution >= 4 is 15.9 Å². The molecule has 1 aliphatic heterocycles. The Kier molecular flexibility index (Phi) is 7.46. The Morgan fingerprint density at radius 3 is 2.19 bits per heavy atom. The van der Waals surface area contributed by atoms with E-state index in [0.717, 1.165) is 0 Å². The standard InChI is InChI=1S/C18H28N2O6S/c1-5-20(6-2)27(22,23)17-13-16(25-4)15(24-3)11-14(17)12-18(21)19-7-9-26-10-8-19/h11,13H,5-10,12H2,1-4H3. The first-order valence-electron chi connectivity index (χ1n) is 8.99. The lowest BCUT2D eigenvalue weighted by molar-refractivity contribution is -0.134. The minimum Gasteiger partial charge on any atom is -0.493 e. The molecule has 0 aliphatic carbocycles. The first-order chi connectivity index (χ1) is 12.9. The fraction of sp³-hybridized carbons (Fsp3) is 0.611. The molecule has 0 saturated carbocycles. The van der Waals surface area contributed by atoms with Gasteiger partial charge in [0.25, 0.3) is 0 Å². The van der Waals surface area contributed by atoms with E-state index >= 15 is 0 Å². The van der Waals surface area contributed by atoms with E-state index < -0.39 is 10.0 Å². The van der Waals surface area contributed by atoms with Crippen LogP contribution in [0.4, 0.5) is 0 Å². The van der Waals surface area contributed by atoms with Gasteiger partial charge in [-0.05, 0) is 11.6 Å². The normalized spacial score (nSPS) is 15.1. The number of morpholine rings is 1. The Bertz CT molecular complexity index is 755. The third-order valence-corrected chi connectivity index (χ3v) is 6.73. The highest BCUT2D eigenvalue weighted by Crippen LogP contribution is 2.34. The summed E-state index contributed by atoms with van der Waals surface area (Å²) in [5, 5.41) is 0. The molecule has 0 bridgehead atoms. The van der Waals surface area contributed by atoms with Crippen LogP contribution in [-0.2, 0) is 26.0 Å². The Morgan fingerprint density at radius 2 is 1.67 bits per heavy atom. The number of sulfonamides is 1. The summed E-state index contributed by atoms with van der Waals surface area (Å²) in [6.45, 7) is 6.22. The Morgan fingerprint density at radius 1 is 1.11 bits per heavy atom. The number of amides is 1. The van der Waals surface area contributed by atoms with Crippen LogP contribution in [0.5, 0.6) is 11.5 Å². The second-order valence-corrected chi connectivity index (χ2v) is 7.98. The number of benzene rings is 1. The third-order valence-electron chi connectivity index (χ3n) is 4.60. The van der Waals surface area contributed by atoms with Crippen LogP contribution in [0, 0.1) is 0 Å². The molecule has 152 valence electrons. The molecule has 1 aromatic rings. The minimum atomic E-state index is -3.76. The van der Waals surface area contributed by atoms with Crippen molar-refractivity contribution in [3.63, 3.8) is 0 Å². The van der Waals surface area contributed by atoms with Crippen LogP contribution in [0.25, 0.3) is 0 Å². The van der Waals surface area contributed by atoms with Crippen molar-refractivity contribution in [1.82, 2.24) is 9.21 Å². The molecule has 27 heavy (non-hydrogen) atoms. The smallest absolute Gasteiger partial charge is 0.243 e. The summed E-state index contributed by atoms with van der Waals surface area (Å²) in [5.74, 6) is 0.563. The summed E-state index contributed by atoms with van der Waals surface area (Å²) in [4.78, 5) is 14.5. The number of hydrogen-bond acceptors (Lipinski definition) is 6. The summed E-state index contributed by atoms with van der Waals surface area (Å²) in [6, 6.07) is 3.02. The number of rotatable bonds is 8. The Balaban J connectivity index is 2.48. The second-order valence-electron chi connectivity index (χ2n) is 6.07. The van der Waals surface area contributed by atoms with Gasteiger partial charge in [-0.25, -0.2) is 8.42 Å². The Hall–Kier alpha value is -1.84. The van der Waals surface area contributed by atoms with E-state index in [1.54, 1.807) is 24.8 Å². The van der Waals surface area contributed by atoms with Gasteiger partial charge in [0.05, 0.1) is 38.7 Å². The van der Waals surface area contributed by atoms with Crippen LogP contribution in [0.15, 0.2) is 17.0 Å². The van der Waals surface area contributed by atoms with Crippen molar-refractivity contribution in [3.8, 4) is 11.5 Å². The summed E-state index contributed by atoms with van der Waals surface area (Å²) >= 11 is 0. The average Bonchev–Trinajstić information content (AvgIpc) is 2.68. The first kappa shape index (κ1) is 21.5. The van der Waals surface area contributed by atoms with E-state index in [1.807, 2.05) is 0 Å². The molecule has 0 spiro atoms. The largest absolute Gasteiger partial charge is 0.493 e. The SMILES string of the molecule is CCN(CC)S(=O)(=O)c1cc(OC)c(OC)cc1CC(=O)N1CCOCC1. The summed E-state index contributed by atoms with van der Waals surface area (Å²) < 4.78 is 43.5. The molecule has 0 radical (unpaired) electrons. The van der Waals surface area contributed by atoms with E-state index in [4.69, 9.17) is 14.2 Å². The van der Waals surface area contributed by atoms with Gasteiger partial charge < -0.3 is 19.1 Å². The molecule has 2 rings (SSSR count). The second kappa shape index (κ2) is 9.38. The number of ether oxygens (including phenoxy) is 3. The topological polar surface area (TPSA) is 85.4 Å². The Labute approximate surface area is 161 Å². The maximum Gasteiger partial charge on any atom is 0.243 e. The molecule has 8 nitrogen and oxygen atoms in total. The van der Waals surface area contributed by atoms with E-state index in [2.05, 4.69) is 0 Å². The van der Waals surface area contributed by atoms with Crippen molar-refractivity contribution in [2.45, 2.75) is 25.2 Å². The molecule has 0 unspecified atom stereocenters. The number of carbonyl (C=O) groups excluding carboxylic acids is 1. The molecule has 1 amide bonds. The molecule has 0 aromatic heterocycles. The van der Waals surface area contributed by atoms with Gasteiger partial charge in [-0.3, -0.25) is 4.79 Å². The van der Waals surface area contributed by atoms with Crippen LogP contribution in [-0.4, -0.2) is 77.1 Å². The maximum absolute atomic E-state index is 13.1. The van der Waals surface area contributed by atoms with Crippen molar-refractivity contribution in [2.24, 2.45) is 0 Å². The van der Waals surface area contributed by atoms with Gasteiger partial charge in [-0.1, -0.05) is 13.8 Å². The third kappa shape index (κ3) is 4.72. The molecule has 0 atom stereocenters. The predicted octanol–water partition coefficient (Wildman–Crippen LogP) is 1.14. The van der Waals surface area contributed by atoms with Gasteiger partial charge in [0.15, 0.2) is 11.5 Å². The van der Waals surface area contributed by atoms with Gasteiger partial charge in [0.1, 0.15) is 0 Å². The van der Waals surface area contributed by atoms with Gasteiger partial charge >= 0.3 is 0 Å². The highest BCUT2D eigenvalue weighted by Gasteiger charge is 2.29. The number of hydrogen-bond donors (Lipinski definition) is 0. The molecular weight excluding hydrogens is 372 g/mol. The lowest BCUT2D eigenvalue weighted by Gasteiger charge is -2.27. The first-order valence-corrected chi connectivity index (χ1v) is 10.4. The quantitative estimate of drug-likeness (QED) is 0.650. The van der Waals surface area contributed by atoms with Crippen LogP contribution < -0.4 is 9.47 Å². The van der Waals surface area contributed by atoms with Crippen molar-refractivity contribution in [3.05, 3.63) is 17.7 Å². The van der Waals surface area contributed by atoms with Crippen molar-refractivity contribution in [1.29, 1.82) is 0 Å². The van der Waals surface area contributed by atoms with E-state index in [0.29, 0.717) is 56.5 Å². The maximum atomic E-state index is 13.1. The lowest BCUT2D eigenvalue weighted by atomic mass is 10.1. The van der Waals surface area contributed by atoms with Crippen molar-refractivity contribution in [2.75, 3.05) is 53.6 Å². The van der Waals surface area contributed by atoms with E-state index in [9.17, 15) is 13.2 Å². The fourth-order valence-electron chi connectivity index (χ4n) is 3.07. The lowest BCUT2D eigenvalue weighted by Crippen LogP contribution is -2.41. The van der Waals surface area contributed by atoms with Crippen LogP contribution in [0.1, 0.15) is 19.4 Å². The summed E-state index contributed by atoms with van der Waals surface area (Å²) in [5.41, 5.74) is 0.399. The number of nitrogens with zero attached hydrogens (tertiary/aromatic N) is 2. The van der Waals surface area contributed by atoms with E-state index in [-0.39, 0.29) is 17.2 Å². The molecule has 1 fully saturated rings. The average molecular weight is 400 g/mol. The van der Waals surface area contributed by atoms with Gasteiger partial charge in [-0.2, -0.15) is 4.31 Å². The zero-order valence-electron chi connectivity index (χ0n) is 16.4. The van der Waals surface area contributed by atoms with Gasteiger partial charge in [0, 0.05) is 32.2 Å². The molecule has 0 N–H and O–H groups in total. The molecular formula is C18H28N2O6S. The fourth-order valence-corrected chi connectivity index (χ4v) is 4.75. The molecule has 1 aliphatic rings. The zero-order valence-corrected chi connectivity index (χ0v) is 17.2. The van der Waals surface area contributed by atoms with E-state index in [1.165, 1.54) is 24.6 Å². The highest BCUT2D eigenvalue weighted by molar-refractivity contribution is 7.89. The molecule has 9 heteroatoms. The van der Waals surface area contributed by atoms with Crippen LogP contribution >= 0.6 is 0 Å². The van der Waals surface area contributed by atoms with Crippen LogP contribution in [0.2, 0.25) is 0 Å². The summed E-state index contributed by atoms with van der Waals surface area (Å²) in [6.07, 6.45) is -0.0316. The van der Waals surface area contributed by atoms with Crippen molar-refractivity contribution < 1.29 is 27.4 Å². The summed E-state index contributed by atoms with van der Waals surface area (Å²) in [7, 11) is -0.839. The number of methoxy groups -OCH3 is 2. The molecule has 1 aromatic carbocycles. The van der Waals surface area contributed by atoms with Gasteiger partial charge in [0.2, 0.25) is 15.9 Å². The van der Waals surface area contributed by atoms with Gasteiger partial charge in [-0.15, -0.1) is 0 Å². The minimum absolute atomic E-state index is 0.0316. The highest BCUT2D eigenvalue weighted by atomic mass is 32.2. The molecule has 1 heterocycles. The number of carbonyl (C=O) groups is 1. The monoisotopic (exact) mass is 400 g/mol. The predicted molar refractivity (Wildman–Crippen MR) is 101 cm³/mol. The zero-order chi connectivity index (χ0) is 20.0.